The van der Waals surface area contributed by atoms with Gasteiger partial charge < -0.3 is 19.1 Å². The SMILES string of the molecule is CC1=C(N(c2ccccc2)c2cc3c(c4c2oc2ccc(N(c5ccccc5)c5cc(C)ccc5C)cc24)-c2cc4ccccc4cc2C32C3=C(C=CCN3C)c3cc4c(cc32)CCC=C4)CC(C)C=C1. The lowest BCUT2D eigenvalue weighted by Crippen LogP contribution is -2.37. The molecule has 9 aromatic rings. The van der Waals surface area contributed by atoms with Gasteiger partial charge in [0.15, 0.2) is 5.58 Å². The maximum absolute atomic E-state index is 7.54. The molecule has 14 rings (SSSR count). The summed E-state index contributed by atoms with van der Waals surface area (Å²) in [6.07, 6.45) is 17.1. The van der Waals surface area contributed by atoms with Crippen LogP contribution in [0, 0.1) is 19.8 Å². The molecule has 1 spiro atoms. The quantitative estimate of drug-likeness (QED) is 0.166. The van der Waals surface area contributed by atoms with Crippen molar-refractivity contribution in [1.29, 1.82) is 0 Å². The fourth-order valence-corrected chi connectivity index (χ4v) is 13.0. The molecular formula is C67H55N3O. The first-order valence-corrected chi connectivity index (χ1v) is 25.5. The Bertz CT molecular complexity index is 3900. The summed E-state index contributed by atoms with van der Waals surface area (Å²) in [4.78, 5) is 7.53. The van der Waals surface area contributed by atoms with E-state index in [-0.39, 0.29) is 0 Å². The molecule has 0 fully saturated rings. The van der Waals surface area contributed by atoms with Gasteiger partial charge in [0, 0.05) is 64.1 Å². The summed E-state index contributed by atoms with van der Waals surface area (Å²) in [5.74, 6) is 0.373. The summed E-state index contributed by atoms with van der Waals surface area (Å²) < 4.78 is 7.54. The molecule has 4 aliphatic carbocycles. The molecule has 0 radical (unpaired) electrons. The van der Waals surface area contributed by atoms with Gasteiger partial charge in [-0.1, -0.05) is 122 Å². The zero-order chi connectivity index (χ0) is 47.7. The van der Waals surface area contributed by atoms with Gasteiger partial charge in [-0.25, -0.2) is 0 Å². The number of hydrogen-bond acceptors (Lipinski definition) is 4. The number of furan rings is 1. The van der Waals surface area contributed by atoms with E-state index in [1.54, 1.807) is 0 Å². The highest BCUT2D eigenvalue weighted by atomic mass is 16.3. The maximum atomic E-state index is 7.54. The van der Waals surface area contributed by atoms with Gasteiger partial charge in [0.1, 0.15) is 5.58 Å². The maximum Gasteiger partial charge on any atom is 0.160 e. The average Bonchev–Trinajstić information content (AvgIpc) is 4.01. The van der Waals surface area contributed by atoms with Crippen LogP contribution < -0.4 is 9.80 Å². The molecule has 4 heteroatoms. The summed E-state index contributed by atoms with van der Waals surface area (Å²) in [6.45, 7) is 9.86. The predicted octanol–water partition coefficient (Wildman–Crippen LogP) is 17.3. The second kappa shape index (κ2) is 15.7. The molecular weight excluding hydrogens is 863 g/mol. The molecule has 4 nitrogen and oxygen atoms in total. The van der Waals surface area contributed by atoms with Crippen LogP contribution in [0.2, 0.25) is 0 Å². The standard InChI is InChI=1S/C67H55N3O/c1-41-26-28-43(3)59(33-41)69(49-21-8-6-9-22-49)51-30-31-62-55(39-51)64-63-54-36-46-18-13-15-20-48(46)38-57(54)67(56-37-47-19-14-12-17-45(47)35-53(56)52-25-16-32-68(5)66(52)67)58(63)40-61(65(64)71-62)70(50-23-10-7-11-24-50)60-34-42(2)27-29-44(60)4/h6-13,15-18,20-31,33,35-40,42H,14,19,32,34H2,1-5H3. The van der Waals surface area contributed by atoms with Gasteiger partial charge in [0.05, 0.1) is 11.1 Å². The number of likely N-dealkylation sites (N-methyl/N-ethyl adjacent to an activating group) is 1. The molecule has 344 valence electrons. The van der Waals surface area contributed by atoms with E-state index in [9.17, 15) is 0 Å². The molecule has 0 saturated carbocycles. The summed E-state index contributed by atoms with van der Waals surface area (Å²) in [5.41, 5.74) is 25.0. The van der Waals surface area contributed by atoms with Crippen LogP contribution in [0.4, 0.5) is 28.4 Å². The first-order chi connectivity index (χ1) is 34.8. The van der Waals surface area contributed by atoms with Crippen LogP contribution >= 0.6 is 0 Å². The summed E-state index contributed by atoms with van der Waals surface area (Å²) in [6, 6.07) is 57.2. The van der Waals surface area contributed by atoms with Crippen molar-refractivity contribution < 1.29 is 4.42 Å². The van der Waals surface area contributed by atoms with E-state index in [1.807, 2.05) is 0 Å². The molecule has 8 aromatic carbocycles. The number of rotatable bonds is 6. The van der Waals surface area contributed by atoms with Crippen LogP contribution in [0.15, 0.2) is 203 Å². The Kier molecular flexibility index (Phi) is 9.26. The lowest BCUT2D eigenvalue weighted by atomic mass is 9.70. The third kappa shape index (κ3) is 6.10. The number of para-hydroxylation sites is 2. The Morgan fingerprint density at radius 1 is 0.634 bits per heavy atom. The van der Waals surface area contributed by atoms with Gasteiger partial charge in [-0.2, -0.15) is 0 Å². The molecule has 0 amide bonds. The average molecular weight is 918 g/mol. The van der Waals surface area contributed by atoms with Crippen molar-refractivity contribution in [2.45, 2.75) is 52.4 Å². The molecule has 1 aromatic heterocycles. The third-order valence-electron chi connectivity index (χ3n) is 16.2. The Labute approximate surface area is 416 Å². The topological polar surface area (TPSA) is 22.9 Å². The van der Waals surface area contributed by atoms with Crippen molar-refractivity contribution in [3.8, 4) is 11.1 Å². The molecule has 0 bridgehead atoms. The number of hydrogen-bond donors (Lipinski definition) is 0. The van der Waals surface area contributed by atoms with E-state index in [2.05, 4.69) is 238 Å². The van der Waals surface area contributed by atoms with Crippen molar-refractivity contribution in [1.82, 2.24) is 4.90 Å². The van der Waals surface area contributed by atoms with Crippen LogP contribution in [-0.2, 0) is 11.8 Å². The van der Waals surface area contributed by atoms with Crippen molar-refractivity contribution >= 4 is 72.8 Å². The van der Waals surface area contributed by atoms with E-state index in [0.29, 0.717) is 5.92 Å². The second-order valence-corrected chi connectivity index (χ2v) is 20.7. The van der Waals surface area contributed by atoms with E-state index < -0.39 is 5.41 Å². The van der Waals surface area contributed by atoms with Crippen LogP contribution in [0.25, 0.3) is 55.5 Å². The van der Waals surface area contributed by atoms with E-state index in [4.69, 9.17) is 4.42 Å². The minimum Gasteiger partial charge on any atom is -0.454 e. The van der Waals surface area contributed by atoms with Crippen LogP contribution in [0.1, 0.15) is 71.2 Å². The molecule has 71 heavy (non-hydrogen) atoms. The van der Waals surface area contributed by atoms with Crippen LogP contribution in [0.5, 0.6) is 0 Å². The Morgan fingerprint density at radius 2 is 1.38 bits per heavy atom. The lowest BCUT2D eigenvalue weighted by Gasteiger charge is -2.39. The number of aryl methyl sites for hydroxylation is 3. The number of anilines is 5. The molecule has 0 saturated heterocycles. The number of fused-ring (bicyclic) bond motifs is 15. The van der Waals surface area contributed by atoms with Crippen LogP contribution in [-0.4, -0.2) is 18.5 Å². The Balaban J connectivity index is 1.18. The molecule has 2 heterocycles. The van der Waals surface area contributed by atoms with Crippen molar-refractivity contribution in [2.75, 3.05) is 23.4 Å². The molecule has 5 aliphatic rings. The van der Waals surface area contributed by atoms with Gasteiger partial charge in [0.2, 0.25) is 0 Å². The Morgan fingerprint density at radius 3 is 2.18 bits per heavy atom. The first kappa shape index (κ1) is 41.9. The molecule has 0 N–H and O–H groups in total. The van der Waals surface area contributed by atoms with E-state index in [0.717, 1.165) is 76.2 Å². The minimum atomic E-state index is -0.625. The van der Waals surface area contributed by atoms with Crippen LogP contribution in [0.3, 0.4) is 0 Å². The highest BCUT2D eigenvalue weighted by Crippen LogP contribution is 2.67. The van der Waals surface area contributed by atoms with Gasteiger partial charge >= 0.3 is 0 Å². The first-order valence-electron chi connectivity index (χ1n) is 25.5. The van der Waals surface area contributed by atoms with Gasteiger partial charge in [-0.3, -0.25) is 0 Å². The van der Waals surface area contributed by atoms with Gasteiger partial charge in [-0.15, -0.1) is 0 Å². The third-order valence-corrected chi connectivity index (χ3v) is 16.2. The van der Waals surface area contributed by atoms with E-state index >= 15 is 0 Å². The smallest absolute Gasteiger partial charge is 0.160 e. The molecule has 2 atom stereocenters. The number of benzene rings is 8. The highest BCUT2D eigenvalue weighted by Gasteiger charge is 2.56. The predicted molar refractivity (Wildman–Crippen MR) is 297 cm³/mol. The number of nitrogens with zero attached hydrogens (tertiary/aromatic N) is 3. The van der Waals surface area contributed by atoms with E-state index in [1.165, 1.54) is 88.9 Å². The van der Waals surface area contributed by atoms with Gasteiger partial charge in [-0.05, 0) is 191 Å². The fourth-order valence-electron chi connectivity index (χ4n) is 13.0. The minimum absolute atomic E-state index is 0.373. The summed E-state index contributed by atoms with van der Waals surface area (Å²) in [5, 5.41) is 4.75. The van der Waals surface area contributed by atoms with Crippen molar-refractivity contribution in [2.24, 2.45) is 5.92 Å². The monoisotopic (exact) mass is 917 g/mol. The van der Waals surface area contributed by atoms with Gasteiger partial charge in [0.25, 0.3) is 0 Å². The number of allylic oxidation sites excluding steroid dienone is 8. The zero-order valence-corrected chi connectivity index (χ0v) is 41.1. The highest BCUT2D eigenvalue weighted by molar-refractivity contribution is 6.21. The lowest BCUT2D eigenvalue weighted by molar-refractivity contribution is 0.412. The fraction of sp³-hybridized carbons (Fsp3) is 0.164. The Hall–Kier alpha value is -8.08. The molecule has 2 unspecified atom stereocenters. The second-order valence-electron chi connectivity index (χ2n) is 20.7. The summed E-state index contributed by atoms with van der Waals surface area (Å²) in [7, 11) is 2.32. The summed E-state index contributed by atoms with van der Waals surface area (Å²) >= 11 is 0. The normalized spacial score (nSPS) is 18.4. The van der Waals surface area contributed by atoms with Crippen molar-refractivity contribution in [3.05, 3.63) is 244 Å². The largest absolute Gasteiger partial charge is 0.454 e. The zero-order valence-electron chi connectivity index (χ0n) is 41.1. The van der Waals surface area contributed by atoms with Crippen molar-refractivity contribution in [3.63, 3.8) is 0 Å². The molecule has 1 aliphatic heterocycles.